The second kappa shape index (κ2) is 7.92. The molecule has 3 N–H and O–H groups in total. The third-order valence-corrected chi connectivity index (χ3v) is 2.82. The van der Waals surface area contributed by atoms with Crippen LogP contribution in [0.25, 0.3) is 0 Å². The van der Waals surface area contributed by atoms with E-state index >= 15 is 0 Å². The SMILES string of the molecule is CC(CCC(=O)O)CNC(=O)NC(C)C(C)C. The van der Waals surface area contributed by atoms with E-state index < -0.39 is 5.97 Å². The Hall–Kier alpha value is -1.26. The van der Waals surface area contributed by atoms with Crippen molar-refractivity contribution in [1.82, 2.24) is 10.6 Å². The third-order valence-electron chi connectivity index (χ3n) is 2.82. The quantitative estimate of drug-likeness (QED) is 0.639. The summed E-state index contributed by atoms with van der Waals surface area (Å²) >= 11 is 0. The summed E-state index contributed by atoms with van der Waals surface area (Å²) in [4.78, 5) is 21.8. The topological polar surface area (TPSA) is 78.4 Å². The smallest absolute Gasteiger partial charge is 0.315 e. The first-order valence-electron chi connectivity index (χ1n) is 6.09. The summed E-state index contributed by atoms with van der Waals surface area (Å²) in [6.07, 6.45) is 0.724. The molecule has 0 aliphatic rings. The minimum Gasteiger partial charge on any atom is -0.481 e. The number of hydrogen-bond acceptors (Lipinski definition) is 2. The summed E-state index contributed by atoms with van der Waals surface area (Å²) in [5, 5.41) is 14.1. The predicted octanol–water partition coefficient (Wildman–Crippen LogP) is 1.83. The summed E-state index contributed by atoms with van der Waals surface area (Å²) in [5.41, 5.74) is 0. The van der Waals surface area contributed by atoms with Gasteiger partial charge in [0.25, 0.3) is 0 Å². The highest BCUT2D eigenvalue weighted by Gasteiger charge is 2.11. The Labute approximate surface area is 103 Å². The number of carboxylic acids is 1. The van der Waals surface area contributed by atoms with E-state index in [9.17, 15) is 9.59 Å². The Morgan fingerprint density at radius 1 is 1.18 bits per heavy atom. The van der Waals surface area contributed by atoms with E-state index in [0.29, 0.717) is 18.9 Å². The lowest BCUT2D eigenvalue weighted by atomic mass is 10.1. The van der Waals surface area contributed by atoms with Gasteiger partial charge < -0.3 is 15.7 Å². The van der Waals surface area contributed by atoms with Crippen molar-refractivity contribution < 1.29 is 14.7 Å². The number of carboxylic acid groups (broad SMARTS) is 1. The molecule has 0 rings (SSSR count). The zero-order chi connectivity index (χ0) is 13.4. The average molecular weight is 244 g/mol. The second-order valence-electron chi connectivity index (χ2n) is 4.92. The fraction of sp³-hybridized carbons (Fsp3) is 0.833. The Morgan fingerprint density at radius 2 is 1.76 bits per heavy atom. The van der Waals surface area contributed by atoms with E-state index in [-0.39, 0.29) is 24.4 Å². The minimum atomic E-state index is -0.797. The molecule has 0 heterocycles. The molecule has 0 saturated heterocycles. The molecule has 5 heteroatoms. The van der Waals surface area contributed by atoms with Crippen LogP contribution >= 0.6 is 0 Å². The maximum Gasteiger partial charge on any atom is 0.315 e. The molecule has 2 atom stereocenters. The Morgan fingerprint density at radius 3 is 2.24 bits per heavy atom. The van der Waals surface area contributed by atoms with Crippen molar-refractivity contribution in [3.63, 3.8) is 0 Å². The number of carbonyl (C=O) groups is 2. The van der Waals surface area contributed by atoms with Crippen LogP contribution in [0.5, 0.6) is 0 Å². The Bertz CT molecular complexity index is 254. The second-order valence-corrected chi connectivity index (χ2v) is 4.92. The monoisotopic (exact) mass is 244 g/mol. The van der Waals surface area contributed by atoms with E-state index in [1.54, 1.807) is 0 Å². The van der Waals surface area contributed by atoms with Crippen LogP contribution in [0.4, 0.5) is 4.79 Å². The molecule has 0 fully saturated rings. The van der Waals surface area contributed by atoms with Crippen molar-refractivity contribution in [3.05, 3.63) is 0 Å². The molecule has 0 aliphatic carbocycles. The summed E-state index contributed by atoms with van der Waals surface area (Å²) in [5.74, 6) is -0.230. The van der Waals surface area contributed by atoms with Gasteiger partial charge in [-0.3, -0.25) is 4.79 Å². The van der Waals surface area contributed by atoms with Gasteiger partial charge in [0.05, 0.1) is 0 Å². The molecule has 0 aromatic heterocycles. The first-order chi connectivity index (χ1) is 7.82. The highest BCUT2D eigenvalue weighted by atomic mass is 16.4. The lowest BCUT2D eigenvalue weighted by Gasteiger charge is -2.19. The first-order valence-corrected chi connectivity index (χ1v) is 6.09. The summed E-state index contributed by atoms with van der Waals surface area (Å²) in [7, 11) is 0. The van der Waals surface area contributed by atoms with Gasteiger partial charge in [-0.05, 0) is 25.2 Å². The molecule has 0 aliphatic heterocycles. The van der Waals surface area contributed by atoms with Crippen molar-refractivity contribution in [2.24, 2.45) is 11.8 Å². The van der Waals surface area contributed by atoms with E-state index in [4.69, 9.17) is 5.11 Å². The summed E-state index contributed by atoms with van der Waals surface area (Å²) in [6, 6.07) is -0.0577. The molecule has 0 aromatic carbocycles. The van der Waals surface area contributed by atoms with Crippen LogP contribution < -0.4 is 10.6 Å². The third kappa shape index (κ3) is 8.54. The molecule has 2 amide bonds. The fourth-order valence-electron chi connectivity index (χ4n) is 1.16. The molecule has 5 nitrogen and oxygen atoms in total. The number of urea groups is 1. The molecule has 0 radical (unpaired) electrons. The molecular weight excluding hydrogens is 220 g/mol. The van der Waals surface area contributed by atoms with Crippen LogP contribution in [0, 0.1) is 11.8 Å². The fourth-order valence-corrected chi connectivity index (χ4v) is 1.16. The molecule has 0 saturated carbocycles. The molecule has 0 bridgehead atoms. The van der Waals surface area contributed by atoms with Gasteiger partial charge in [-0.1, -0.05) is 20.8 Å². The molecule has 2 unspecified atom stereocenters. The number of hydrogen-bond donors (Lipinski definition) is 3. The number of carbonyl (C=O) groups excluding carboxylic acids is 1. The lowest BCUT2D eigenvalue weighted by Crippen LogP contribution is -2.44. The van der Waals surface area contributed by atoms with Gasteiger partial charge in [-0.15, -0.1) is 0 Å². The van der Waals surface area contributed by atoms with Crippen molar-refractivity contribution >= 4 is 12.0 Å². The van der Waals surface area contributed by atoms with Gasteiger partial charge in [-0.2, -0.15) is 0 Å². The van der Waals surface area contributed by atoms with E-state index in [0.717, 1.165) is 0 Å². The van der Waals surface area contributed by atoms with E-state index in [2.05, 4.69) is 10.6 Å². The van der Waals surface area contributed by atoms with Crippen molar-refractivity contribution in [1.29, 1.82) is 0 Å². The van der Waals surface area contributed by atoms with Crippen molar-refractivity contribution in [2.75, 3.05) is 6.54 Å². The maximum atomic E-state index is 11.5. The van der Waals surface area contributed by atoms with Crippen LogP contribution in [-0.4, -0.2) is 29.7 Å². The zero-order valence-electron chi connectivity index (χ0n) is 11.1. The standard InChI is InChI=1S/C12H24N2O3/c1-8(2)10(4)14-12(17)13-7-9(3)5-6-11(15)16/h8-10H,5-7H2,1-4H3,(H,15,16)(H2,13,14,17). The molecule has 100 valence electrons. The number of nitrogens with one attached hydrogen (secondary N) is 2. The zero-order valence-corrected chi connectivity index (χ0v) is 11.1. The van der Waals surface area contributed by atoms with Crippen molar-refractivity contribution in [3.8, 4) is 0 Å². The number of amides is 2. The van der Waals surface area contributed by atoms with Crippen LogP contribution in [0.2, 0.25) is 0 Å². The number of rotatable bonds is 7. The maximum absolute atomic E-state index is 11.5. The van der Waals surface area contributed by atoms with Crippen LogP contribution in [0.15, 0.2) is 0 Å². The molecular formula is C12H24N2O3. The van der Waals surface area contributed by atoms with Gasteiger partial charge in [-0.25, -0.2) is 4.79 Å². The lowest BCUT2D eigenvalue weighted by molar-refractivity contribution is -0.137. The van der Waals surface area contributed by atoms with Crippen LogP contribution in [0.1, 0.15) is 40.5 Å². The van der Waals surface area contributed by atoms with Crippen molar-refractivity contribution in [2.45, 2.75) is 46.6 Å². The van der Waals surface area contributed by atoms with Gasteiger partial charge in [0.2, 0.25) is 0 Å². The molecule has 0 aromatic rings. The van der Waals surface area contributed by atoms with Gasteiger partial charge in [0.1, 0.15) is 0 Å². The predicted molar refractivity (Wildman–Crippen MR) is 66.9 cm³/mol. The summed E-state index contributed by atoms with van der Waals surface area (Å²) < 4.78 is 0. The van der Waals surface area contributed by atoms with Crippen LogP contribution in [-0.2, 0) is 4.79 Å². The minimum absolute atomic E-state index is 0.129. The van der Waals surface area contributed by atoms with E-state index in [1.807, 2.05) is 27.7 Å². The molecule has 17 heavy (non-hydrogen) atoms. The van der Waals surface area contributed by atoms with Crippen LogP contribution in [0.3, 0.4) is 0 Å². The largest absolute Gasteiger partial charge is 0.481 e. The summed E-state index contributed by atoms with van der Waals surface area (Å²) in [6.45, 7) is 8.47. The Balaban J connectivity index is 3.72. The first kappa shape index (κ1) is 15.7. The normalized spacial score (nSPS) is 14.2. The average Bonchev–Trinajstić information content (AvgIpc) is 2.23. The highest BCUT2D eigenvalue weighted by molar-refractivity contribution is 5.74. The van der Waals surface area contributed by atoms with E-state index in [1.165, 1.54) is 0 Å². The van der Waals surface area contributed by atoms with Gasteiger partial charge in [0, 0.05) is 19.0 Å². The Kier molecular flexibility index (Phi) is 7.34. The highest BCUT2D eigenvalue weighted by Crippen LogP contribution is 2.04. The molecule has 0 spiro atoms. The van der Waals surface area contributed by atoms with Gasteiger partial charge >= 0.3 is 12.0 Å². The number of aliphatic carboxylic acids is 1. The van der Waals surface area contributed by atoms with Gasteiger partial charge in [0.15, 0.2) is 0 Å².